The van der Waals surface area contributed by atoms with Crippen molar-refractivity contribution in [3.63, 3.8) is 0 Å². The minimum atomic E-state index is -3.47. The van der Waals surface area contributed by atoms with Crippen LogP contribution in [0.15, 0.2) is 71.6 Å². The van der Waals surface area contributed by atoms with Gasteiger partial charge in [-0.3, -0.25) is 4.90 Å². The van der Waals surface area contributed by atoms with E-state index in [9.17, 15) is 8.42 Å². The van der Waals surface area contributed by atoms with Gasteiger partial charge in [0.05, 0.1) is 12.0 Å². The highest BCUT2D eigenvalue weighted by molar-refractivity contribution is 7.89. The van der Waals surface area contributed by atoms with Gasteiger partial charge in [0.25, 0.3) is 0 Å². The first-order chi connectivity index (χ1) is 13.6. The molecule has 1 saturated heterocycles. The summed E-state index contributed by atoms with van der Waals surface area (Å²) < 4.78 is 32.5. The Morgan fingerprint density at radius 3 is 2.25 bits per heavy atom. The van der Waals surface area contributed by atoms with Gasteiger partial charge in [-0.1, -0.05) is 42.5 Å². The normalized spacial score (nSPS) is 16.3. The van der Waals surface area contributed by atoms with Crippen LogP contribution in [0.25, 0.3) is 10.8 Å². The van der Waals surface area contributed by atoms with E-state index >= 15 is 0 Å². The van der Waals surface area contributed by atoms with Gasteiger partial charge in [0.15, 0.2) is 0 Å². The van der Waals surface area contributed by atoms with Gasteiger partial charge >= 0.3 is 0 Å². The Labute approximate surface area is 166 Å². The number of sulfonamides is 1. The number of piperazine rings is 1. The molecule has 0 amide bonds. The molecule has 0 unspecified atom stereocenters. The first-order valence-corrected chi connectivity index (χ1v) is 10.8. The van der Waals surface area contributed by atoms with Crippen LogP contribution in [0.4, 0.5) is 0 Å². The van der Waals surface area contributed by atoms with Gasteiger partial charge in [-0.15, -0.1) is 0 Å². The zero-order valence-electron chi connectivity index (χ0n) is 15.9. The molecular formula is C22H24N2O3S. The van der Waals surface area contributed by atoms with Crippen LogP contribution < -0.4 is 4.74 Å². The Kier molecular flexibility index (Phi) is 5.35. The Balaban J connectivity index is 1.44. The van der Waals surface area contributed by atoms with Crippen LogP contribution >= 0.6 is 0 Å². The predicted molar refractivity (Wildman–Crippen MR) is 111 cm³/mol. The molecule has 0 N–H and O–H groups in total. The first kappa shape index (κ1) is 18.9. The molecule has 0 radical (unpaired) electrons. The lowest BCUT2D eigenvalue weighted by Gasteiger charge is -2.34. The minimum absolute atomic E-state index is 0.316. The Bertz CT molecular complexity index is 1050. The molecule has 3 aromatic carbocycles. The number of methoxy groups -OCH3 is 1. The molecule has 1 fully saturated rings. The summed E-state index contributed by atoms with van der Waals surface area (Å²) in [6.45, 7) is 3.27. The van der Waals surface area contributed by atoms with E-state index < -0.39 is 10.0 Å². The predicted octanol–water partition coefficient (Wildman–Crippen LogP) is 3.35. The third kappa shape index (κ3) is 3.76. The van der Waals surface area contributed by atoms with E-state index in [1.54, 1.807) is 35.7 Å². The largest absolute Gasteiger partial charge is 0.497 e. The quantitative estimate of drug-likeness (QED) is 0.664. The van der Waals surface area contributed by atoms with Crippen molar-refractivity contribution in [3.05, 3.63) is 72.3 Å². The highest BCUT2D eigenvalue weighted by Gasteiger charge is 2.28. The summed E-state index contributed by atoms with van der Waals surface area (Å²) in [5.74, 6) is 0.652. The van der Waals surface area contributed by atoms with Crippen LogP contribution in [0.1, 0.15) is 5.56 Å². The van der Waals surface area contributed by atoms with Gasteiger partial charge in [0.1, 0.15) is 5.75 Å². The van der Waals surface area contributed by atoms with Crippen LogP contribution in [0, 0.1) is 0 Å². The second-order valence-electron chi connectivity index (χ2n) is 6.99. The molecule has 0 spiro atoms. The summed E-state index contributed by atoms with van der Waals surface area (Å²) in [7, 11) is -1.90. The number of ether oxygens (including phenoxy) is 1. The summed E-state index contributed by atoms with van der Waals surface area (Å²) in [5, 5.41) is 2.50. The Morgan fingerprint density at radius 2 is 1.54 bits per heavy atom. The maximum absolute atomic E-state index is 12.9. The van der Waals surface area contributed by atoms with Crippen LogP contribution in [-0.4, -0.2) is 50.9 Å². The van der Waals surface area contributed by atoms with Crippen molar-refractivity contribution >= 4 is 20.8 Å². The Hall–Kier alpha value is -2.41. The highest BCUT2D eigenvalue weighted by atomic mass is 32.2. The third-order valence-electron chi connectivity index (χ3n) is 5.30. The average molecular weight is 397 g/mol. The fourth-order valence-electron chi connectivity index (χ4n) is 3.70. The average Bonchev–Trinajstić information content (AvgIpc) is 2.74. The fourth-order valence-corrected chi connectivity index (χ4v) is 5.12. The zero-order valence-corrected chi connectivity index (χ0v) is 16.7. The monoisotopic (exact) mass is 396 g/mol. The molecule has 0 bridgehead atoms. The van der Waals surface area contributed by atoms with Gasteiger partial charge in [0.2, 0.25) is 10.0 Å². The molecule has 28 heavy (non-hydrogen) atoms. The molecule has 0 aliphatic carbocycles. The van der Waals surface area contributed by atoms with E-state index in [0.29, 0.717) is 23.7 Å². The number of rotatable bonds is 5. The van der Waals surface area contributed by atoms with Crippen molar-refractivity contribution in [1.29, 1.82) is 0 Å². The van der Waals surface area contributed by atoms with Gasteiger partial charge in [-0.25, -0.2) is 8.42 Å². The van der Waals surface area contributed by atoms with E-state index in [1.807, 2.05) is 0 Å². The summed E-state index contributed by atoms with van der Waals surface area (Å²) in [5.41, 5.74) is 1.28. The summed E-state index contributed by atoms with van der Waals surface area (Å²) in [6.07, 6.45) is 0. The maximum atomic E-state index is 12.9. The van der Waals surface area contributed by atoms with Gasteiger partial charge in [0, 0.05) is 32.7 Å². The van der Waals surface area contributed by atoms with Crippen LogP contribution in [0.3, 0.4) is 0 Å². The number of hydrogen-bond donors (Lipinski definition) is 0. The van der Waals surface area contributed by atoms with Crippen molar-refractivity contribution in [2.75, 3.05) is 33.3 Å². The molecule has 1 aliphatic rings. The van der Waals surface area contributed by atoms with E-state index in [-0.39, 0.29) is 0 Å². The van der Waals surface area contributed by atoms with Gasteiger partial charge < -0.3 is 4.74 Å². The van der Waals surface area contributed by atoms with Crippen LogP contribution in [-0.2, 0) is 16.6 Å². The molecule has 1 aliphatic heterocycles. The molecule has 0 saturated carbocycles. The lowest BCUT2D eigenvalue weighted by atomic mass is 10.0. The minimum Gasteiger partial charge on any atom is -0.497 e. The molecule has 146 valence electrons. The van der Waals surface area contributed by atoms with E-state index in [4.69, 9.17) is 4.74 Å². The van der Waals surface area contributed by atoms with Crippen LogP contribution in [0.2, 0.25) is 0 Å². The number of fused-ring (bicyclic) bond motifs is 1. The lowest BCUT2D eigenvalue weighted by molar-refractivity contribution is 0.182. The van der Waals surface area contributed by atoms with Crippen molar-refractivity contribution in [2.45, 2.75) is 11.4 Å². The Morgan fingerprint density at radius 1 is 0.857 bits per heavy atom. The molecular weight excluding hydrogens is 372 g/mol. The standard InChI is InChI=1S/C22H24N2O3S/c1-27-20-9-11-21(12-10-20)28(25,26)24-15-13-23(14-16-24)17-19-7-4-6-18-5-2-3-8-22(18)19/h2-12H,13-17H2,1H3. The smallest absolute Gasteiger partial charge is 0.243 e. The highest BCUT2D eigenvalue weighted by Crippen LogP contribution is 2.23. The summed E-state index contributed by atoms with van der Waals surface area (Å²) in [4.78, 5) is 2.64. The first-order valence-electron chi connectivity index (χ1n) is 9.41. The van der Waals surface area contributed by atoms with E-state index in [0.717, 1.165) is 19.6 Å². The van der Waals surface area contributed by atoms with Crippen molar-refractivity contribution in [1.82, 2.24) is 9.21 Å². The second-order valence-corrected chi connectivity index (χ2v) is 8.93. The molecule has 6 heteroatoms. The van der Waals surface area contributed by atoms with E-state index in [2.05, 4.69) is 47.4 Å². The maximum Gasteiger partial charge on any atom is 0.243 e. The van der Waals surface area contributed by atoms with Gasteiger partial charge in [-0.2, -0.15) is 4.31 Å². The number of nitrogens with zero attached hydrogens (tertiary/aromatic N) is 2. The van der Waals surface area contributed by atoms with Crippen molar-refractivity contribution < 1.29 is 13.2 Å². The number of benzene rings is 3. The third-order valence-corrected chi connectivity index (χ3v) is 7.22. The SMILES string of the molecule is COc1ccc(S(=O)(=O)N2CCN(Cc3cccc4ccccc34)CC2)cc1. The fraction of sp³-hybridized carbons (Fsp3) is 0.273. The van der Waals surface area contributed by atoms with Gasteiger partial charge in [-0.05, 0) is 40.6 Å². The summed E-state index contributed by atoms with van der Waals surface area (Å²) in [6, 6.07) is 21.3. The topological polar surface area (TPSA) is 49.9 Å². The molecule has 3 aromatic rings. The second kappa shape index (κ2) is 7.91. The molecule has 0 aromatic heterocycles. The molecule has 4 rings (SSSR count). The van der Waals surface area contributed by atoms with Crippen molar-refractivity contribution in [2.24, 2.45) is 0 Å². The van der Waals surface area contributed by atoms with E-state index in [1.165, 1.54) is 16.3 Å². The van der Waals surface area contributed by atoms with Crippen molar-refractivity contribution in [3.8, 4) is 5.75 Å². The molecule has 0 atom stereocenters. The zero-order chi connectivity index (χ0) is 19.6. The summed E-state index contributed by atoms with van der Waals surface area (Å²) >= 11 is 0. The molecule has 5 nitrogen and oxygen atoms in total. The molecule has 1 heterocycles. The lowest BCUT2D eigenvalue weighted by Crippen LogP contribution is -2.48. The number of hydrogen-bond acceptors (Lipinski definition) is 4. The van der Waals surface area contributed by atoms with Crippen LogP contribution in [0.5, 0.6) is 5.75 Å².